The fraction of sp³-hybridized carbons (Fsp3) is 0.500. The number of benzene rings is 2. The van der Waals surface area contributed by atoms with Crippen LogP contribution >= 0.6 is 11.6 Å². The van der Waals surface area contributed by atoms with Crippen LogP contribution in [0.2, 0.25) is 5.02 Å². The van der Waals surface area contributed by atoms with Crippen LogP contribution in [0.5, 0.6) is 0 Å². The molecule has 2 aromatic rings. The number of anilines is 1. The van der Waals surface area contributed by atoms with E-state index in [-0.39, 0.29) is 11.8 Å². The van der Waals surface area contributed by atoms with Crippen molar-refractivity contribution in [3.05, 3.63) is 64.7 Å². The Bertz CT molecular complexity index is 1080. The molecule has 1 saturated carbocycles. The van der Waals surface area contributed by atoms with E-state index >= 15 is 0 Å². The van der Waals surface area contributed by atoms with Crippen LogP contribution in [-0.2, 0) is 10.4 Å². The number of likely N-dealkylation sites (N-methyl/N-ethyl adjacent to an activating group) is 1. The van der Waals surface area contributed by atoms with E-state index in [0.717, 1.165) is 38.0 Å². The molecule has 0 bridgehead atoms. The lowest BCUT2D eigenvalue weighted by atomic mass is 9.89. The zero-order chi connectivity index (χ0) is 25.4. The molecule has 188 valence electrons. The number of piperidine rings is 1. The molecule has 2 atom stereocenters. The van der Waals surface area contributed by atoms with Crippen LogP contribution in [0.1, 0.15) is 48.5 Å². The number of aliphatic hydroxyl groups is 1. The zero-order valence-electron chi connectivity index (χ0n) is 21.1. The highest BCUT2D eigenvalue weighted by molar-refractivity contribution is 6.34. The summed E-state index contributed by atoms with van der Waals surface area (Å²) in [6, 6.07) is 14.8. The topological polar surface area (TPSA) is 64.1 Å². The van der Waals surface area contributed by atoms with Gasteiger partial charge in [-0.25, -0.2) is 0 Å². The van der Waals surface area contributed by atoms with Crippen molar-refractivity contribution in [2.45, 2.75) is 38.2 Å². The molecule has 2 aromatic carbocycles. The molecule has 0 aromatic heterocycles. The van der Waals surface area contributed by atoms with Crippen molar-refractivity contribution >= 4 is 29.1 Å². The summed E-state index contributed by atoms with van der Waals surface area (Å²) >= 11 is 6.42. The largest absolute Gasteiger partial charge is 0.376 e. The van der Waals surface area contributed by atoms with E-state index in [9.17, 15) is 14.7 Å². The van der Waals surface area contributed by atoms with E-state index in [2.05, 4.69) is 4.90 Å². The van der Waals surface area contributed by atoms with Gasteiger partial charge in [0.2, 0.25) is 0 Å². The number of rotatable bonds is 7. The minimum Gasteiger partial charge on any atom is -0.376 e. The van der Waals surface area contributed by atoms with E-state index in [1.54, 1.807) is 45.1 Å². The molecule has 2 aliphatic rings. The van der Waals surface area contributed by atoms with Gasteiger partial charge in [0.15, 0.2) is 5.60 Å². The monoisotopic (exact) mass is 497 g/mol. The predicted molar refractivity (Wildman–Crippen MR) is 140 cm³/mol. The molecule has 35 heavy (non-hydrogen) atoms. The van der Waals surface area contributed by atoms with Gasteiger partial charge in [-0.2, -0.15) is 0 Å². The Morgan fingerprint density at radius 3 is 2.37 bits per heavy atom. The van der Waals surface area contributed by atoms with Gasteiger partial charge in [-0.05, 0) is 67.7 Å². The number of carbonyl (C=O) groups excluding carboxylic acids is 2. The highest BCUT2D eigenvalue weighted by atomic mass is 35.5. The van der Waals surface area contributed by atoms with Gasteiger partial charge in [0.05, 0.1) is 10.6 Å². The molecule has 2 fully saturated rings. The molecule has 1 saturated heterocycles. The second-order valence-electron chi connectivity index (χ2n) is 10.6. The van der Waals surface area contributed by atoms with Crippen LogP contribution in [0, 0.1) is 11.3 Å². The Morgan fingerprint density at radius 2 is 1.77 bits per heavy atom. The first-order valence-electron chi connectivity index (χ1n) is 12.3. The highest BCUT2D eigenvalue weighted by Gasteiger charge is 2.54. The SMILES string of the molecule is CN(C)C(=O)c1ccc(N2CCC3(CC2)CC3CCN(C)C(=O)[C@@](C)(O)c2ccccc2)cc1Cl. The summed E-state index contributed by atoms with van der Waals surface area (Å²) in [5.41, 5.74) is 1.06. The van der Waals surface area contributed by atoms with Crippen molar-refractivity contribution in [2.24, 2.45) is 11.3 Å². The minimum atomic E-state index is -1.52. The summed E-state index contributed by atoms with van der Waals surface area (Å²) in [4.78, 5) is 30.7. The molecule has 1 spiro atoms. The Hall–Kier alpha value is -2.57. The van der Waals surface area contributed by atoms with Crippen molar-refractivity contribution in [2.75, 3.05) is 45.7 Å². The van der Waals surface area contributed by atoms with Crippen molar-refractivity contribution < 1.29 is 14.7 Å². The minimum absolute atomic E-state index is 0.0892. The van der Waals surface area contributed by atoms with Gasteiger partial charge in [0.1, 0.15) is 0 Å². The van der Waals surface area contributed by atoms with Gasteiger partial charge in [-0.3, -0.25) is 9.59 Å². The van der Waals surface area contributed by atoms with E-state index in [0.29, 0.717) is 34.0 Å². The maximum absolute atomic E-state index is 12.9. The van der Waals surface area contributed by atoms with E-state index in [4.69, 9.17) is 11.6 Å². The first-order valence-corrected chi connectivity index (χ1v) is 12.7. The molecule has 7 heteroatoms. The van der Waals surface area contributed by atoms with Gasteiger partial charge in [-0.15, -0.1) is 0 Å². The lowest BCUT2D eigenvalue weighted by Crippen LogP contribution is -2.43. The molecule has 1 heterocycles. The molecule has 1 N–H and O–H groups in total. The molecule has 1 aliphatic heterocycles. The number of hydrogen-bond acceptors (Lipinski definition) is 4. The predicted octanol–water partition coefficient (Wildman–Crippen LogP) is 4.40. The lowest BCUT2D eigenvalue weighted by Gasteiger charge is -2.35. The molecule has 6 nitrogen and oxygen atoms in total. The van der Waals surface area contributed by atoms with Crippen molar-refractivity contribution in [1.82, 2.24) is 9.80 Å². The average Bonchev–Trinajstić information content (AvgIpc) is 3.53. The Morgan fingerprint density at radius 1 is 1.11 bits per heavy atom. The van der Waals surface area contributed by atoms with E-state index in [1.807, 2.05) is 36.4 Å². The summed E-state index contributed by atoms with van der Waals surface area (Å²) in [6.45, 7) is 4.15. The van der Waals surface area contributed by atoms with E-state index in [1.165, 1.54) is 11.3 Å². The fourth-order valence-corrected chi connectivity index (χ4v) is 5.74. The summed E-state index contributed by atoms with van der Waals surface area (Å²) in [6.07, 6.45) is 4.40. The fourth-order valence-electron chi connectivity index (χ4n) is 5.49. The lowest BCUT2D eigenvalue weighted by molar-refractivity contribution is -0.149. The second-order valence-corrected chi connectivity index (χ2v) is 11.0. The van der Waals surface area contributed by atoms with Crippen LogP contribution in [0.4, 0.5) is 5.69 Å². The summed E-state index contributed by atoms with van der Waals surface area (Å²) in [7, 11) is 5.23. The van der Waals surface area contributed by atoms with Crippen molar-refractivity contribution in [3.63, 3.8) is 0 Å². The third-order valence-corrected chi connectivity index (χ3v) is 8.30. The molecule has 2 amide bonds. The zero-order valence-corrected chi connectivity index (χ0v) is 21.9. The van der Waals surface area contributed by atoms with Crippen molar-refractivity contribution in [1.29, 1.82) is 0 Å². The number of nitrogens with zero attached hydrogens (tertiary/aromatic N) is 3. The number of amides is 2. The van der Waals surface area contributed by atoms with Crippen LogP contribution in [0.15, 0.2) is 48.5 Å². The van der Waals surface area contributed by atoms with Gasteiger partial charge in [0.25, 0.3) is 11.8 Å². The maximum atomic E-state index is 12.9. The van der Waals surface area contributed by atoms with Crippen LogP contribution in [0.3, 0.4) is 0 Å². The third-order valence-electron chi connectivity index (χ3n) is 7.98. The van der Waals surface area contributed by atoms with Crippen molar-refractivity contribution in [3.8, 4) is 0 Å². The normalized spacial score (nSPS) is 20.3. The summed E-state index contributed by atoms with van der Waals surface area (Å²) < 4.78 is 0. The quantitative estimate of drug-likeness (QED) is 0.615. The van der Waals surface area contributed by atoms with Gasteiger partial charge in [0, 0.05) is 46.5 Å². The molecule has 1 unspecified atom stereocenters. The van der Waals surface area contributed by atoms with Gasteiger partial charge >= 0.3 is 0 Å². The van der Waals surface area contributed by atoms with Gasteiger partial charge < -0.3 is 19.8 Å². The Labute approximate surface area is 213 Å². The van der Waals surface area contributed by atoms with E-state index < -0.39 is 5.60 Å². The number of hydrogen-bond donors (Lipinski definition) is 1. The number of carbonyl (C=O) groups is 2. The molecular weight excluding hydrogens is 462 g/mol. The van der Waals surface area contributed by atoms with Crippen LogP contribution in [-0.4, -0.2) is 67.5 Å². The third kappa shape index (κ3) is 5.19. The van der Waals surface area contributed by atoms with Crippen LogP contribution in [0.25, 0.3) is 0 Å². The molecule has 1 aliphatic carbocycles. The Kier molecular flexibility index (Phi) is 7.16. The first-order chi connectivity index (χ1) is 16.5. The second kappa shape index (κ2) is 9.82. The molecule has 4 rings (SSSR count). The maximum Gasteiger partial charge on any atom is 0.258 e. The number of halogens is 1. The van der Waals surface area contributed by atoms with Crippen LogP contribution < -0.4 is 4.90 Å². The first kappa shape index (κ1) is 25.5. The molecule has 0 radical (unpaired) electrons. The standard InChI is InChI=1S/C28H36ClN3O3/c1-27(35,20-8-6-5-7-9-20)26(34)31(4)15-12-21-19-28(21)13-16-32(17-14-28)22-10-11-23(24(29)18-22)25(33)30(2)3/h5-11,18,21,35H,12-17,19H2,1-4H3/t21?,27-/m0/s1. The summed E-state index contributed by atoms with van der Waals surface area (Å²) in [5.74, 6) is 0.264. The molecular formula is C28H36ClN3O3. The summed E-state index contributed by atoms with van der Waals surface area (Å²) in [5, 5.41) is 11.3. The average molecular weight is 498 g/mol. The highest BCUT2D eigenvalue weighted by Crippen LogP contribution is 2.61. The smallest absolute Gasteiger partial charge is 0.258 e. The Balaban J connectivity index is 1.28. The van der Waals surface area contributed by atoms with Gasteiger partial charge in [-0.1, -0.05) is 41.9 Å².